The minimum Gasteiger partial charge on any atom is -0.723 e. The van der Waals surface area contributed by atoms with Gasteiger partial charge in [-0.1, -0.05) is 0 Å². The smallest absolute Gasteiger partial charge is 0.723 e. The van der Waals surface area contributed by atoms with Crippen molar-refractivity contribution in [2.75, 3.05) is 13.2 Å². The summed E-state index contributed by atoms with van der Waals surface area (Å²) < 4.78 is 8.08. The van der Waals surface area contributed by atoms with E-state index in [1.165, 1.54) is 0 Å². The Bertz CT molecular complexity index is 191. The van der Waals surface area contributed by atoms with Crippen LogP contribution < -0.4 is 108 Å². The van der Waals surface area contributed by atoms with Crippen molar-refractivity contribution in [2.45, 2.75) is 11.9 Å². The standard InChI is InChI=1S/C6H10O8.2K/c7-3-12-1-6(10,2-14-11)5(9)13-4-8;;/h3-5,9-11H,1-2H2;;/q;2*+1/p-1. The largest absolute Gasteiger partial charge is 1.00 e. The van der Waals surface area contributed by atoms with Gasteiger partial charge < -0.3 is 29.8 Å². The molecule has 82 valence electrons. The first-order chi connectivity index (χ1) is 6.60. The second-order valence-electron chi connectivity index (χ2n) is 2.36. The number of aliphatic hydroxyl groups is 2. The van der Waals surface area contributed by atoms with E-state index in [2.05, 4.69) is 14.4 Å². The molecule has 10 heteroatoms. The van der Waals surface area contributed by atoms with Crippen molar-refractivity contribution in [1.29, 1.82) is 0 Å². The third-order valence-corrected chi connectivity index (χ3v) is 1.35. The Kier molecular flexibility index (Phi) is 19.5. The molecule has 0 spiro atoms. The number of carbonyl (C=O) groups is 2. The van der Waals surface area contributed by atoms with E-state index in [1.807, 2.05) is 0 Å². The minimum absolute atomic E-state index is 0. The summed E-state index contributed by atoms with van der Waals surface area (Å²) in [6.45, 7) is -1.80. The summed E-state index contributed by atoms with van der Waals surface area (Å²) in [6.07, 6.45) is -2.02. The van der Waals surface area contributed by atoms with E-state index in [0.29, 0.717) is 0 Å². The average Bonchev–Trinajstić information content (AvgIpc) is 2.15. The fraction of sp³-hybridized carbons (Fsp3) is 0.667. The van der Waals surface area contributed by atoms with Crippen LogP contribution in [0.15, 0.2) is 0 Å². The zero-order chi connectivity index (χ0) is 11.0. The Morgan fingerprint density at radius 1 is 1.25 bits per heavy atom. The van der Waals surface area contributed by atoms with Crippen LogP contribution in [0.5, 0.6) is 0 Å². The van der Waals surface area contributed by atoms with Gasteiger partial charge in [-0.2, -0.15) is 0 Å². The van der Waals surface area contributed by atoms with Crippen LogP contribution in [-0.4, -0.2) is 48.3 Å². The first kappa shape index (κ1) is 23.2. The molecule has 0 bridgehead atoms. The van der Waals surface area contributed by atoms with E-state index in [9.17, 15) is 20.0 Å². The molecule has 8 nitrogen and oxygen atoms in total. The number of carbonyl (C=O) groups excluding carboxylic acids is 2. The molecule has 0 aromatic carbocycles. The molecular formula is C6H9K2O8+. The Balaban J connectivity index is -0.000000845. The minimum atomic E-state index is -2.27. The van der Waals surface area contributed by atoms with Gasteiger partial charge in [0.15, 0.2) is 5.60 Å². The molecule has 0 aromatic rings. The number of ether oxygens (including phenoxy) is 2. The monoisotopic (exact) mass is 287 g/mol. The SMILES string of the molecule is O=COCC(O)(CO[O-])C(O)OC=O.[K+].[K+]. The molecule has 2 N–H and O–H groups in total. The molecule has 0 fully saturated rings. The molecule has 2 unspecified atom stereocenters. The van der Waals surface area contributed by atoms with Crippen LogP contribution in [0.4, 0.5) is 0 Å². The van der Waals surface area contributed by atoms with Crippen molar-refractivity contribution in [2.24, 2.45) is 0 Å². The number of hydrogen-bond acceptors (Lipinski definition) is 8. The van der Waals surface area contributed by atoms with E-state index in [4.69, 9.17) is 5.11 Å². The summed E-state index contributed by atoms with van der Waals surface area (Å²) in [7, 11) is 0. The summed E-state index contributed by atoms with van der Waals surface area (Å²) in [4.78, 5) is 22.9. The van der Waals surface area contributed by atoms with Crippen molar-refractivity contribution < 1.29 is 142 Å². The van der Waals surface area contributed by atoms with Gasteiger partial charge >= 0.3 is 103 Å². The molecule has 0 aromatic heterocycles. The average molecular weight is 287 g/mol. The maximum absolute atomic E-state index is 9.82. The van der Waals surface area contributed by atoms with Crippen LogP contribution in [0.25, 0.3) is 0 Å². The van der Waals surface area contributed by atoms with E-state index in [0.717, 1.165) is 0 Å². The quantitative estimate of drug-likeness (QED) is 0.148. The molecule has 0 amide bonds. The van der Waals surface area contributed by atoms with Crippen LogP contribution >= 0.6 is 0 Å². The number of hydrogen-bond donors (Lipinski definition) is 2. The van der Waals surface area contributed by atoms with Gasteiger partial charge in [0.25, 0.3) is 12.9 Å². The van der Waals surface area contributed by atoms with Gasteiger partial charge in [-0.05, 0) is 0 Å². The van der Waals surface area contributed by atoms with Crippen molar-refractivity contribution >= 4 is 12.9 Å². The second kappa shape index (κ2) is 13.5. The molecule has 0 saturated heterocycles. The van der Waals surface area contributed by atoms with Gasteiger partial charge in [0.05, 0.1) is 6.61 Å². The first-order valence-corrected chi connectivity index (χ1v) is 3.40. The van der Waals surface area contributed by atoms with E-state index in [1.54, 1.807) is 0 Å². The maximum atomic E-state index is 9.82. The summed E-state index contributed by atoms with van der Waals surface area (Å²) in [5, 5.41) is 28.2. The molecule has 16 heavy (non-hydrogen) atoms. The molecule has 0 heterocycles. The van der Waals surface area contributed by atoms with Crippen LogP contribution in [-0.2, 0) is 24.0 Å². The predicted octanol–water partition coefficient (Wildman–Crippen LogP) is -9.32. The van der Waals surface area contributed by atoms with Crippen LogP contribution in [0.2, 0.25) is 0 Å². The van der Waals surface area contributed by atoms with E-state index in [-0.39, 0.29) is 116 Å². The molecule has 0 saturated carbocycles. The fourth-order valence-corrected chi connectivity index (χ4v) is 0.644. The third-order valence-electron chi connectivity index (χ3n) is 1.35. The molecule has 0 aliphatic heterocycles. The molecule has 2 atom stereocenters. The maximum Gasteiger partial charge on any atom is 1.00 e. The summed E-state index contributed by atoms with van der Waals surface area (Å²) >= 11 is 0. The normalized spacial score (nSPS) is 14.4. The molecular weight excluding hydrogens is 278 g/mol. The van der Waals surface area contributed by atoms with Crippen molar-refractivity contribution in [1.82, 2.24) is 0 Å². The molecule has 0 aliphatic rings. The zero-order valence-corrected chi connectivity index (χ0v) is 15.2. The number of aliphatic hydroxyl groups excluding tert-OH is 1. The Morgan fingerprint density at radius 3 is 2.19 bits per heavy atom. The summed E-state index contributed by atoms with van der Waals surface area (Å²) in [5.74, 6) is 0. The molecule has 0 rings (SSSR count). The van der Waals surface area contributed by atoms with Crippen LogP contribution in [0.1, 0.15) is 0 Å². The van der Waals surface area contributed by atoms with Crippen LogP contribution in [0, 0.1) is 0 Å². The van der Waals surface area contributed by atoms with Crippen molar-refractivity contribution in [3.8, 4) is 0 Å². The summed E-state index contributed by atoms with van der Waals surface area (Å²) in [6, 6.07) is 0. The van der Waals surface area contributed by atoms with E-state index >= 15 is 0 Å². The van der Waals surface area contributed by atoms with Gasteiger partial charge in [0.1, 0.15) is 6.61 Å². The topological polar surface area (TPSA) is 125 Å². The van der Waals surface area contributed by atoms with E-state index < -0.39 is 25.1 Å². The zero-order valence-electron chi connectivity index (χ0n) is 8.99. The second-order valence-corrected chi connectivity index (χ2v) is 2.36. The third kappa shape index (κ3) is 9.05. The first-order valence-electron chi connectivity index (χ1n) is 3.40. The van der Waals surface area contributed by atoms with Crippen LogP contribution in [0.3, 0.4) is 0 Å². The fourth-order valence-electron chi connectivity index (χ4n) is 0.644. The Morgan fingerprint density at radius 2 is 1.81 bits per heavy atom. The van der Waals surface area contributed by atoms with Gasteiger partial charge in [0, 0.05) is 0 Å². The van der Waals surface area contributed by atoms with Gasteiger partial charge in [-0.3, -0.25) is 9.59 Å². The van der Waals surface area contributed by atoms with Crippen molar-refractivity contribution in [3.63, 3.8) is 0 Å². The Labute approximate surface area is 176 Å². The van der Waals surface area contributed by atoms with Crippen molar-refractivity contribution in [3.05, 3.63) is 0 Å². The summed E-state index contributed by atoms with van der Waals surface area (Å²) in [5.41, 5.74) is -2.27. The molecule has 0 aliphatic carbocycles. The van der Waals surface area contributed by atoms with Gasteiger partial charge in [0.2, 0.25) is 6.29 Å². The molecule has 0 radical (unpaired) electrons. The number of rotatable bonds is 8. The van der Waals surface area contributed by atoms with Gasteiger partial charge in [-0.15, -0.1) is 0 Å². The Hall–Kier alpha value is 2.05. The van der Waals surface area contributed by atoms with Gasteiger partial charge in [-0.25, -0.2) is 0 Å². The predicted molar refractivity (Wildman–Crippen MR) is 36.1 cm³/mol.